The minimum Gasteiger partial charge on any atom is -0.314 e. The van der Waals surface area contributed by atoms with E-state index in [1.807, 2.05) is 58.4 Å². The Morgan fingerprint density at radius 2 is 1.94 bits per heavy atom. The summed E-state index contributed by atoms with van der Waals surface area (Å²) >= 11 is 1.47. The summed E-state index contributed by atoms with van der Waals surface area (Å²) in [4.78, 5) is 13.0. The van der Waals surface area contributed by atoms with E-state index in [-0.39, 0.29) is 5.78 Å². The molecule has 3 heteroatoms. The zero-order valence-electron chi connectivity index (χ0n) is 8.46. The first-order chi connectivity index (χ1) is 7.86. The molecule has 0 N–H and O–H groups in total. The van der Waals surface area contributed by atoms with Gasteiger partial charge in [-0.2, -0.15) is 0 Å². The van der Waals surface area contributed by atoms with Crippen molar-refractivity contribution in [1.82, 2.24) is 4.40 Å². The smallest absolute Gasteiger partial charge is 0.219 e. The molecule has 0 aliphatic rings. The molecule has 0 bridgehead atoms. The average Bonchev–Trinajstić information content (AvgIpc) is 2.98. The lowest BCUT2D eigenvalue weighted by Crippen LogP contribution is -2.04. The number of nitrogens with zero attached hydrogens (tertiary/aromatic N) is 1. The van der Waals surface area contributed by atoms with Crippen LogP contribution in [0.3, 0.4) is 0 Å². The molecule has 0 saturated carbocycles. The van der Waals surface area contributed by atoms with Crippen molar-refractivity contribution in [3.63, 3.8) is 0 Å². The van der Waals surface area contributed by atoms with Crippen molar-refractivity contribution in [2.24, 2.45) is 0 Å². The second-order valence-corrected chi connectivity index (χ2v) is 4.47. The molecule has 2 nitrogen and oxygen atoms in total. The Bertz CT molecular complexity index is 637. The van der Waals surface area contributed by atoms with Gasteiger partial charge in [-0.15, -0.1) is 11.3 Å². The maximum absolute atomic E-state index is 12.2. The molecule has 78 valence electrons. The van der Waals surface area contributed by atoms with Gasteiger partial charge in [-0.3, -0.25) is 4.79 Å². The molecule has 3 heterocycles. The van der Waals surface area contributed by atoms with Crippen LogP contribution in [-0.2, 0) is 0 Å². The molecular formula is C13H9NOS. The van der Waals surface area contributed by atoms with Gasteiger partial charge < -0.3 is 4.40 Å². The molecule has 0 aliphatic heterocycles. The van der Waals surface area contributed by atoms with E-state index in [9.17, 15) is 4.79 Å². The van der Waals surface area contributed by atoms with E-state index in [1.165, 1.54) is 11.3 Å². The Morgan fingerprint density at radius 3 is 2.75 bits per heavy atom. The van der Waals surface area contributed by atoms with E-state index in [0.29, 0.717) is 5.69 Å². The third-order valence-electron chi connectivity index (χ3n) is 2.54. The van der Waals surface area contributed by atoms with Crippen molar-refractivity contribution in [3.8, 4) is 0 Å². The van der Waals surface area contributed by atoms with Crippen LogP contribution >= 0.6 is 11.3 Å². The van der Waals surface area contributed by atoms with Crippen LogP contribution in [-0.4, -0.2) is 10.2 Å². The molecule has 16 heavy (non-hydrogen) atoms. The van der Waals surface area contributed by atoms with Crippen LogP contribution in [0.1, 0.15) is 15.4 Å². The van der Waals surface area contributed by atoms with Crippen molar-refractivity contribution in [3.05, 3.63) is 64.6 Å². The minimum atomic E-state index is 0.0804. The van der Waals surface area contributed by atoms with Gasteiger partial charge in [0, 0.05) is 11.7 Å². The Hall–Kier alpha value is -1.87. The van der Waals surface area contributed by atoms with Crippen molar-refractivity contribution in [1.29, 1.82) is 0 Å². The van der Waals surface area contributed by atoms with Gasteiger partial charge in [0.25, 0.3) is 0 Å². The molecule has 0 aromatic carbocycles. The number of thiophene rings is 1. The molecule has 0 aliphatic carbocycles. The number of aromatic nitrogens is 1. The molecule has 0 saturated heterocycles. The molecule has 0 unspecified atom stereocenters. The Labute approximate surface area is 96.8 Å². The van der Waals surface area contributed by atoms with Crippen LogP contribution in [0.15, 0.2) is 54.0 Å². The van der Waals surface area contributed by atoms with Gasteiger partial charge >= 0.3 is 0 Å². The van der Waals surface area contributed by atoms with Crippen molar-refractivity contribution < 1.29 is 4.79 Å². The quantitative estimate of drug-likeness (QED) is 0.616. The Morgan fingerprint density at radius 1 is 1.06 bits per heavy atom. The topological polar surface area (TPSA) is 21.5 Å². The van der Waals surface area contributed by atoms with E-state index < -0.39 is 0 Å². The average molecular weight is 227 g/mol. The molecular weight excluding hydrogens is 218 g/mol. The first kappa shape index (κ1) is 9.36. The normalized spacial score (nSPS) is 10.8. The van der Waals surface area contributed by atoms with Gasteiger partial charge in [0.15, 0.2) is 0 Å². The third kappa shape index (κ3) is 1.37. The Kier molecular flexibility index (Phi) is 2.11. The predicted molar refractivity (Wildman–Crippen MR) is 65.1 cm³/mol. The first-order valence-electron chi connectivity index (χ1n) is 5.00. The van der Waals surface area contributed by atoms with Crippen molar-refractivity contribution in [2.75, 3.05) is 0 Å². The number of carbonyl (C=O) groups excluding carboxylic acids is 1. The molecule has 0 amide bonds. The lowest BCUT2D eigenvalue weighted by molar-refractivity contribution is 0.103. The maximum atomic E-state index is 12.2. The fraction of sp³-hybridized carbons (Fsp3) is 0. The van der Waals surface area contributed by atoms with Gasteiger partial charge in [0.05, 0.1) is 10.6 Å². The monoisotopic (exact) mass is 227 g/mol. The molecule has 0 spiro atoms. The standard InChI is InChI=1S/C13H9NOS/c15-13(12-7-3-9-16-12)11-6-1-4-10-5-2-8-14(10)11/h1-9H. The number of fused-ring (bicyclic) bond motifs is 1. The van der Waals surface area contributed by atoms with Crippen LogP contribution in [0.25, 0.3) is 5.52 Å². The van der Waals surface area contributed by atoms with Crippen molar-refractivity contribution in [2.45, 2.75) is 0 Å². The SMILES string of the molecule is O=C(c1cccs1)c1cccc2cccn12. The molecule has 3 aromatic heterocycles. The molecule has 3 rings (SSSR count). The summed E-state index contributed by atoms with van der Waals surface area (Å²) in [7, 11) is 0. The molecule has 0 fully saturated rings. The van der Waals surface area contributed by atoms with Crippen LogP contribution in [0, 0.1) is 0 Å². The van der Waals surface area contributed by atoms with E-state index in [0.717, 1.165) is 10.4 Å². The largest absolute Gasteiger partial charge is 0.314 e. The summed E-state index contributed by atoms with van der Waals surface area (Å²) < 4.78 is 1.92. The first-order valence-corrected chi connectivity index (χ1v) is 5.88. The molecule has 0 atom stereocenters. The summed E-state index contributed by atoms with van der Waals surface area (Å²) in [6.07, 6.45) is 1.91. The number of rotatable bonds is 2. The van der Waals surface area contributed by atoms with E-state index >= 15 is 0 Å². The summed E-state index contributed by atoms with van der Waals surface area (Å²) in [5, 5.41) is 1.92. The van der Waals surface area contributed by atoms with E-state index in [1.54, 1.807) is 0 Å². The fourth-order valence-corrected chi connectivity index (χ4v) is 2.46. The molecule has 3 aromatic rings. The second-order valence-electron chi connectivity index (χ2n) is 3.52. The number of ketones is 1. The number of hydrogen-bond donors (Lipinski definition) is 0. The van der Waals surface area contributed by atoms with Gasteiger partial charge in [-0.05, 0) is 35.7 Å². The highest BCUT2D eigenvalue weighted by Crippen LogP contribution is 2.16. The summed E-state index contributed by atoms with van der Waals surface area (Å²) in [6, 6.07) is 13.4. The summed E-state index contributed by atoms with van der Waals surface area (Å²) in [5.41, 5.74) is 1.76. The highest BCUT2D eigenvalue weighted by atomic mass is 32.1. The van der Waals surface area contributed by atoms with E-state index in [4.69, 9.17) is 0 Å². The second kappa shape index (κ2) is 3.61. The Balaban J connectivity index is 2.19. The third-order valence-corrected chi connectivity index (χ3v) is 3.41. The van der Waals surface area contributed by atoms with Gasteiger partial charge in [0.1, 0.15) is 0 Å². The fourth-order valence-electron chi connectivity index (χ4n) is 1.79. The summed E-state index contributed by atoms with van der Waals surface area (Å²) in [6.45, 7) is 0. The maximum Gasteiger partial charge on any atom is 0.219 e. The number of hydrogen-bond acceptors (Lipinski definition) is 2. The van der Waals surface area contributed by atoms with Crippen molar-refractivity contribution >= 4 is 22.6 Å². The van der Waals surface area contributed by atoms with Crippen LogP contribution in [0.4, 0.5) is 0 Å². The number of carbonyl (C=O) groups is 1. The predicted octanol–water partition coefficient (Wildman–Crippen LogP) is 3.23. The van der Waals surface area contributed by atoms with E-state index in [2.05, 4.69) is 0 Å². The minimum absolute atomic E-state index is 0.0804. The highest BCUT2D eigenvalue weighted by Gasteiger charge is 2.12. The summed E-state index contributed by atoms with van der Waals surface area (Å²) in [5.74, 6) is 0.0804. The number of pyridine rings is 1. The van der Waals surface area contributed by atoms with Crippen LogP contribution in [0.2, 0.25) is 0 Å². The van der Waals surface area contributed by atoms with Gasteiger partial charge in [-0.25, -0.2) is 0 Å². The lowest BCUT2D eigenvalue weighted by atomic mass is 10.2. The van der Waals surface area contributed by atoms with Crippen LogP contribution < -0.4 is 0 Å². The zero-order chi connectivity index (χ0) is 11.0. The lowest BCUT2D eigenvalue weighted by Gasteiger charge is -2.03. The van der Waals surface area contributed by atoms with Gasteiger partial charge in [-0.1, -0.05) is 12.1 Å². The van der Waals surface area contributed by atoms with Crippen LogP contribution in [0.5, 0.6) is 0 Å². The van der Waals surface area contributed by atoms with Gasteiger partial charge in [0.2, 0.25) is 5.78 Å². The zero-order valence-corrected chi connectivity index (χ0v) is 9.28. The molecule has 0 radical (unpaired) electrons. The highest BCUT2D eigenvalue weighted by molar-refractivity contribution is 7.12.